The van der Waals surface area contributed by atoms with E-state index in [9.17, 15) is 9.90 Å². The Kier molecular flexibility index (Phi) is 6.88. The van der Waals surface area contributed by atoms with Gasteiger partial charge >= 0.3 is 0 Å². The SMILES string of the molecule is CCCCCCNC(=O)c1cc(C(C)(C)C)c(O)c(C(C)(C)C)c1. The Morgan fingerprint density at radius 2 is 1.46 bits per heavy atom. The van der Waals surface area contributed by atoms with E-state index >= 15 is 0 Å². The molecule has 0 aliphatic heterocycles. The second kappa shape index (κ2) is 8.04. The molecule has 0 radical (unpaired) electrons. The molecule has 0 aromatic heterocycles. The lowest BCUT2D eigenvalue weighted by atomic mass is 9.78. The number of benzene rings is 1. The van der Waals surface area contributed by atoms with Crippen molar-refractivity contribution in [3.05, 3.63) is 28.8 Å². The molecular weight excluding hydrogens is 298 g/mol. The molecule has 3 heteroatoms. The maximum absolute atomic E-state index is 12.6. The molecule has 0 atom stereocenters. The van der Waals surface area contributed by atoms with E-state index in [1.54, 1.807) is 0 Å². The first kappa shape index (κ1) is 20.5. The average molecular weight is 334 g/mol. The minimum atomic E-state index is -0.221. The lowest BCUT2D eigenvalue weighted by Crippen LogP contribution is -2.26. The van der Waals surface area contributed by atoms with Crippen LogP contribution in [0.25, 0.3) is 0 Å². The number of hydrogen-bond acceptors (Lipinski definition) is 2. The second-order valence-corrected chi connectivity index (χ2v) is 8.74. The summed E-state index contributed by atoms with van der Waals surface area (Å²) in [6.07, 6.45) is 4.55. The van der Waals surface area contributed by atoms with Crippen molar-refractivity contribution in [2.75, 3.05) is 6.54 Å². The Balaban J connectivity index is 3.08. The zero-order valence-corrected chi connectivity index (χ0v) is 16.5. The fourth-order valence-corrected chi connectivity index (χ4v) is 2.76. The molecule has 1 rings (SSSR count). The number of phenols is 1. The van der Waals surface area contributed by atoms with Gasteiger partial charge in [0.15, 0.2) is 0 Å². The van der Waals surface area contributed by atoms with Crippen LogP contribution >= 0.6 is 0 Å². The number of aromatic hydroxyl groups is 1. The Labute approximate surface area is 147 Å². The van der Waals surface area contributed by atoms with Crippen molar-refractivity contribution in [3.63, 3.8) is 0 Å². The molecule has 0 aliphatic carbocycles. The number of phenolic OH excluding ortho intramolecular Hbond substituents is 1. The smallest absolute Gasteiger partial charge is 0.251 e. The molecule has 0 spiro atoms. The van der Waals surface area contributed by atoms with Gasteiger partial charge in [-0.25, -0.2) is 0 Å². The van der Waals surface area contributed by atoms with Crippen LogP contribution in [0.3, 0.4) is 0 Å². The normalized spacial score (nSPS) is 12.3. The standard InChI is InChI=1S/C21H35NO2/c1-8-9-10-11-12-22-19(24)15-13-16(20(2,3)4)18(23)17(14-15)21(5,6)7/h13-14,23H,8-12H2,1-7H3,(H,22,24). The average Bonchev–Trinajstić information content (AvgIpc) is 2.44. The Hall–Kier alpha value is -1.51. The fourth-order valence-electron chi connectivity index (χ4n) is 2.76. The fraction of sp³-hybridized carbons (Fsp3) is 0.667. The van der Waals surface area contributed by atoms with Gasteiger partial charge < -0.3 is 10.4 Å². The van der Waals surface area contributed by atoms with Crippen LogP contribution in [0.5, 0.6) is 5.75 Å². The number of carbonyl (C=O) groups excluding carboxylic acids is 1. The molecule has 0 saturated carbocycles. The Morgan fingerprint density at radius 1 is 0.958 bits per heavy atom. The third-order valence-corrected chi connectivity index (χ3v) is 4.30. The molecule has 0 saturated heterocycles. The number of carbonyl (C=O) groups is 1. The highest BCUT2D eigenvalue weighted by Crippen LogP contribution is 2.39. The summed E-state index contributed by atoms with van der Waals surface area (Å²) in [5.74, 6) is 0.261. The molecule has 3 nitrogen and oxygen atoms in total. The van der Waals surface area contributed by atoms with Crippen LogP contribution in [0.2, 0.25) is 0 Å². The predicted octanol–water partition coefficient (Wildman–Crippen LogP) is 5.30. The van der Waals surface area contributed by atoms with Crippen molar-refractivity contribution in [1.29, 1.82) is 0 Å². The maximum atomic E-state index is 12.6. The van der Waals surface area contributed by atoms with Gasteiger partial charge in [-0.15, -0.1) is 0 Å². The number of unbranched alkanes of at least 4 members (excludes halogenated alkanes) is 3. The van der Waals surface area contributed by atoms with Crippen LogP contribution in [-0.4, -0.2) is 17.6 Å². The molecule has 0 fully saturated rings. The summed E-state index contributed by atoms with van der Waals surface area (Å²) in [6, 6.07) is 3.68. The maximum Gasteiger partial charge on any atom is 0.251 e. The van der Waals surface area contributed by atoms with Crippen LogP contribution in [0.4, 0.5) is 0 Å². The van der Waals surface area contributed by atoms with Crippen molar-refractivity contribution in [3.8, 4) is 5.75 Å². The van der Waals surface area contributed by atoms with Crippen LogP contribution < -0.4 is 5.32 Å². The van der Waals surface area contributed by atoms with E-state index < -0.39 is 0 Å². The van der Waals surface area contributed by atoms with Gasteiger partial charge in [-0.2, -0.15) is 0 Å². The van der Waals surface area contributed by atoms with Crippen molar-refractivity contribution < 1.29 is 9.90 Å². The van der Waals surface area contributed by atoms with Crippen molar-refractivity contribution in [1.82, 2.24) is 5.32 Å². The van der Waals surface area contributed by atoms with Gasteiger partial charge in [0.25, 0.3) is 5.91 Å². The van der Waals surface area contributed by atoms with Crippen molar-refractivity contribution in [2.45, 2.75) is 85.0 Å². The molecule has 0 bridgehead atoms. The van der Waals surface area contributed by atoms with Gasteiger partial charge in [0.2, 0.25) is 0 Å². The molecular formula is C21H35NO2. The highest BCUT2D eigenvalue weighted by molar-refractivity contribution is 5.95. The summed E-state index contributed by atoms with van der Waals surface area (Å²) in [7, 11) is 0. The van der Waals surface area contributed by atoms with E-state index in [0.717, 1.165) is 24.0 Å². The molecule has 24 heavy (non-hydrogen) atoms. The highest BCUT2D eigenvalue weighted by atomic mass is 16.3. The number of nitrogens with one attached hydrogen (secondary N) is 1. The number of amides is 1. The highest BCUT2D eigenvalue weighted by Gasteiger charge is 2.27. The minimum absolute atomic E-state index is 0.0532. The van der Waals surface area contributed by atoms with Gasteiger partial charge in [-0.1, -0.05) is 67.7 Å². The van der Waals surface area contributed by atoms with E-state index in [4.69, 9.17) is 0 Å². The third-order valence-electron chi connectivity index (χ3n) is 4.30. The van der Waals surface area contributed by atoms with Crippen LogP contribution in [0.15, 0.2) is 12.1 Å². The van der Waals surface area contributed by atoms with Crippen LogP contribution in [0.1, 0.15) is 95.6 Å². The zero-order chi connectivity index (χ0) is 18.5. The topological polar surface area (TPSA) is 49.3 Å². The van der Waals surface area contributed by atoms with Gasteiger partial charge in [-0.05, 0) is 29.4 Å². The monoisotopic (exact) mass is 333 g/mol. The summed E-state index contributed by atoms with van der Waals surface area (Å²) in [5, 5.41) is 13.7. The van der Waals surface area contributed by atoms with Gasteiger partial charge in [0, 0.05) is 23.2 Å². The molecule has 1 amide bonds. The van der Waals surface area contributed by atoms with E-state index in [1.165, 1.54) is 12.8 Å². The first-order chi connectivity index (χ1) is 11.0. The van der Waals surface area contributed by atoms with Crippen LogP contribution in [-0.2, 0) is 10.8 Å². The van der Waals surface area contributed by atoms with Crippen molar-refractivity contribution in [2.24, 2.45) is 0 Å². The summed E-state index contributed by atoms with van der Waals surface area (Å²) in [4.78, 5) is 12.6. The molecule has 0 unspecified atom stereocenters. The van der Waals surface area contributed by atoms with E-state index in [1.807, 2.05) is 12.1 Å². The number of hydrogen-bond donors (Lipinski definition) is 2. The van der Waals surface area contributed by atoms with Gasteiger partial charge in [0.05, 0.1) is 0 Å². The molecule has 1 aromatic rings. The molecule has 0 heterocycles. The lowest BCUT2D eigenvalue weighted by Gasteiger charge is -2.28. The second-order valence-electron chi connectivity index (χ2n) is 8.74. The first-order valence-electron chi connectivity index (χ1n) is 9.14. The van der Waals surface area contributed by atoms with Gasteiger partial charge in [0.1, 0.15) is 5.75 Å². The quantitative estimate of drug-likeness (QED) is 0.694. The van der Waals surface area contributed by atoms with E-state index in [0.29, 0.717) is 17.9 Å². The van der Waals surface area contributed by atoms with Crippen LogP contribution in [0, 0.1) is 0 Å². The first-order valence-corrected chi connectivity index (χ1v) is 9.14. The zero-order valence-electron chi connectivity index (χ0n) is 16.5. The van der Waals surface area contributed by atoms with Crippen molar-refractivity contribution >= 4 is 5.91 Å². The largest absolute Gasteiger partial charge is 0.507 e. The third kappa shape index (κ3) is 5.54. The summed E-state index contributed by atoms with van der Waals surface area (Å²) >= 11 is 0. The molecule has 136 valence electrons. The molecule has 1 aromatic carbocycles. The Morgan fingerprint density at radius 3 is 1.88 bits per heavy atom. The number of rotatable bonds is 6. The summed E-state index contributed by atoms with van der Waals surface area (Å²) in [6.45, 7) is 15.2. The minimum Gasteiger partial charge on any atom is -0.507 e. The van der Waals surface area contributed by atoms with E-state index in [2.05, 4.69) is 53.8 Å². The lowest BCUT2D eigenvalue weighted by molar-refractivity contribution is 0.0952. The predicted molar refractivity (Wildman–Crippen MR) is 102 cm³/mol. The molecule has 0 aliphatic rings. The molecule has 2 N–H and O–H groups in total. The van der Waals surface area contributed by atoms with Gasteiger partial charge in [-0.3, -0.25) is 4.79 Å². The summed E-state index contributed by atoms with van der Waals surface area (Å²) < 4.78 is 0. The van der Waals surface area contributed by atoms with E-state index in [-0.39, 0.29) is 16.7 Å². The summed E-state index contributed by atoms with van der Waals surface area (Å²) in [5.41, 5.74) is 1.85. The Bertz CT molecular complexity index is 527.